The maximum Gasteiger partial charge on any atom is 0.258 e. The number of hydrogen-bond acceptors (Lipinski definition) is 5. The fraction of sp³-hybridized carbons (Fsp3) is 0.333. The van der Waals surface area contributed by atoms with Crippen molar-refractivity contribution in [3.8, 4) is 11.5 Å². The maximum atomic E-state index is 12.2. The minimum Gasteiger partial charge on any atom is -0.507 e. The van der Waals surface area contributed by atoms with Crippen LogP contribution in [0.2, 0.25) is 0 Å². The monoisotopic (exact) mass is 267 g/mol. The van der Waals surface area contributed by atoms with Gasteiger partial charge in [0.25, 0.3) is 5.91 Å². The fourth-order valence-corrected chi connectivity index (χ4v) is 1.54. The lowest BCUT2D eigenvalue weighted by Gasteiger charge is -2.20. The van der Waals surface area contributed by atoms with Crippen molar-refractivity contribution in [1.29, 1.82) is 0 Å². The summed E-state index contributed by atoms with van der Waals surface area (Å²) in [5.41, 5.74) is 5.51. The number of hydrogen-bond donors (Lipinski definition) is 3. The zero-order valence-corrected chi connectivity index (χ0v) is 10.8. The number of amidine groups is 1. The van der Waals surface area contributed by atoms with Gasteiger partial charge in [0.2, 0.25) is 0 Å². The van der Waals surface area contributed by atoms with E-state index in [4.69, 9.17) is 15.7 Å². The zero-order valence-electron chi connectivity index (χ0n) is 10.8. The van der Waals surface area contributed by atoms with Crippen molar-refractivity contribution in [1.82, 2.24) is 4.90 Å². The number of rotatable bonds is 5. The number of oxime groups is 1. The smallest absolute Gasteiger partial charge is 0.258 e. The standard InChI is InChI=1S/C12H17N3O4/c1-3-15(7-11(13)14-18)12(17)9-5-4-8(19-2)6-10(9)16/h4-6,16,18H,3,7H2,1-2H3,(H2,13,14). The Balaban J connectivity index is 2.97. The second-order valence-corrected chi connectivity index (χ2v) is 3.79. The highest BCUT2D eigenvalue weighted by molar-refractivity contribution is 5.99. The molecule has 7 heteroatoms. The van der Waals surface area contributed by atoms with Crippen molar-refractivity contribution in [2.45, 2.75) is 6.92 Å². The molecule has 1 amide bonds. The molecule has 0 aliphatic heterocycles. The molecule has 0 aliphatic carbocycles. The Bertz CT molecular complexity index is 488. The van der Waals surface area contributed by atoms with Crippen LogP contribution in [0, 0.1) is 0 Å². The van der Waals surface area contributed by atoms with Crippen LogP contribution in [0.5, 0.6) is 11.5 Å². The summed E-state index contributed by atoms with van der Waals surface area (Å²) in [6.07, 6.45) is 0. The van der Waals surface area contributed by atoms with E-state index in [1.165, 1.54) is 24.1 Å². The lowest BCUT2D eigenvalue weighted by atomic mass is 10.1. The van der Waals surface area contributed by atoms with Gasteiger partial charge in [-0.15, -0.1) is 0 Å². The SMILES string of the molecule is CCN(CC(N)=NO)C(=O)c1ccc(OC)cc1O. The first-order valence-corrected chi connectivity index (χ1v) is 5.66. The van der Waals surface area contributed by atoms with E-state index >= 15 is 0 Å². The van der Waals surface area contributed by atoms with Crippen LogP contribution in [0.3, 0.4) is 0 Å². The van der Waals surface area contributed by atoms with E-state index < -0.39 is 5.91 Å². The van der Waals surface area contributed by atoms with Gasteiger partial charge in [0, 0.05) is 12.6 Å². The minimum atomic E-state index is -0.408. The van der Waals surface area contributed by atoms with Gasteiger partial charge in [0.1, 0.15) is 11.5 Å². The van der Waals surface area contributed by atoms with E-state index in [0.717, 1.165) is 0 Å². The van der Waals surface area contributed by atoms with Crippen LogP contribution in [0.4, 0.5) is 0 Å². The van der Waals surface area contributed by atoms with Gasteiger partial charge in [0.15, 0.2) is 5.84 Å². The van der Waals surface area contributed by atoms with E-state index in [0.29, 0.717) is 12.3 Å². The summed E-state index contributed by atoms with van der Waals surface area (Å²) in [5.74, 6) is -0.215. The Morgan fingerprint density at radius 1 is 1.53 bits per heavy atom. The van der Waals surface area contributed by atoms with Gasteiger partial charge < -0.3 is 25.7 Å². The van der Waals surface area contributed by atoms with E-state index in [-0.39, 0.29) is 23.7 Å². The first-order valence-electron chi connectivity index (χ1n) is 5.66. The number of carbonyl (C=O) groups is 1. The number of likely N-dealkylation sites (N-methyl/N-ethyl adjacent to an activating group) is 1. The number of ether oxygens (including phenoxy) is 1. The van der Waals surface area contributed by atoms with Gasteiger partial charge in [-0.3, -0.25) is 4.79 Å². The summed E-state index contributed by atoms with van der Waals surface area (Å²) in [4.78, 5) is 13.5. The number of nitrogens with zero attached hydrogens (tertiary/aromatic N) is 2. The van der Waals surface area contributed by atoms with Crippen molar-refractivity contribution >= 4 is 11.7 Å². The lowest BCUT2D eigenvalue weighted by Crippen LogP contribution is -2.38. The molecule has 0 spiro atoms. The molecule has 0 atom stereocenters. The molecule has 0 heterocycles. The average molecular weight is 267 g/mol. The first kappa shape index (κ1) is 14.6. The Morgan fingerprint density at radius 3 is 2.68 bits per heavy atom. The predicted molar refractivity (Wildman–Crippen MR) is 69.6 cm³/mol. The zero-order chi connectivity index (χ0) is 14.4. The van der Waals surface area contributed by atoms with Crippen LogP contribution in [0.1, 0.15) is 17.3 Å². The summed E-state index contributed by atoms with van der Waals surface area (Å²) in [6, 6.07) is 4.39. The summed E-state index contributed by atoms with van der Waals surface area (Å²) >= 11 is 0. The summed E-state index contributed by atoms with van der Waals surface area (Å²) in [7, 11) is 1.47. The molecule has 19 heavy (non-hydrogen) atoms. The molecule has 0 aliphatic rings. The van der Waals surface area contributed by atoms with Crippen molar-refractivity contribution < 1.29 is 19.8 Å². The number of methoxy groups -OCH3 is 1. The van der Waals surface area contributed by atoms with Gasteiger partial charge >= 0.3 is 0 Å². The van der Waals surface area contributed by atoms with Crippen LogP contribution in [-0.2, 0) is 0 Å². The molecule has 1 aromatic carbocycles. The molecule has 0 bridgehead atoms. The number of phenolic OH excluding ortho intramolecular Hbond substituents is 1. The number of amides is 1. The lowest BCUT2D eigenvalue weighted by molar-refractivity contribution is 0.0783. The predicted octanol–water partition coefficient (Wildman–Crippen LogP) is 0.609. The maximum absolute atomic E-state index is 12.2. The summed E-state index contributed by atoms with van der Waals surface area (Å²) in [6.45, 7) is 2.10. The van der Waals surface area contributed by atoms with Crippen molar-refractivity contribution in [2.75, 3.05) is 20.2 Å². The Kier molecular flexibility index (Phi) is 4.99. The molecule has 0 aromatic heterocycles. The minimum absolute atomic E-state index is 0.0166. The number of aromatic hydroxyl groups is 1. The largest absolute Gasteiger partial charge is 0.507 e. The second-order valence-electron chi connectivity index (χ2n) is 3.79. The van der Waals surface area contributed by atoms with Crippen LogP contribution in [-0.4, -0.2) is 47.2 Å². The third kappa shape index (κ3) is 3.51. The molecule has 0 unspecified atom stereocenters. The van der Waals surface area contributed by atoms with E-state index in [1.807, 2.05) is 0 Å². The Labute approximate surface area is 110 Å². The number of phenols is 1. The van der Waals surface area contributed by atoms with Crippen LogP contribution < -0.4 is 10.5 Å². The molecule has 0 saturated heterocycles. The van der Waals surface area contributed by atoms with E-state index in [9.17, 15) is 9.90 Å². The molecule has 7 nitrogen and oxygen atoms in total. The molecule has 0 fully saturated rings. The molecule has 1 rings (SSSR count). The normalized spacial score (nSPS) is 11.2. The highest BCUT2D eigenvalue weighted by Gasteiger charge is 2.19. The third-order valence-corrected chi connectivity index (χ3v) is 2.59. The van der Waals surface area contributed by atoms with Crippen molar-refractivity contribution in [2.24, 2.45) is 10.9 Å². The fourth-order valence-electron chi connectivity index (χ4n) is 1.54. The topological polar surface area (TPSA) is 108 Å². The van der Waals surface area contributed by atoms with Crippen LogP contribution >= 0.6 is 0 Å². The molecule has 0 saturated carbocycles. The van der Waals surface area contributed by atoms with Crippen LogP contribution in [0.25, 0.3) is 0 Å². The molecular weight excluding hydrogens is 250 g/mol. The quantitative estimate of drug-likeness (QED) is 0.313. The molecule has 0 radical (unpaired) electrons. The van der Waals surface area contributed by atoms with Gasteiger partial charge in [-0.25, -0.2) is 0 Å². The average Bonchev–Trinajstić information content (AvgIpc) is 2.43. The van der Waals surface area contributed by atoms with Gasteiger partial charge in [-0.05, 0) is 19.1 Å². The Hall–Kier alpha value is -2.44. The van der Waals surface area contributed by atoms with Gasteiger partial charge in [-0.2, -0.15) is 0 Å². The summed E-state index contributed by atoms with van der Waals surface area (Å²) < 4.78 is 4.94. The number of nitrogens with two attached hydrogens (primary N) is 1. The van der Waals surface area contributed by atoms with Crippen LogP contribution in [0.15, 0.2) is 23.4 Å². The van der Waals surface area contributed by atoms with Crippen molar-refractivity contribution in [3.63, 3.8) is 0 Å². The molecule has 4 N–H and O–H groups in total. The van der Waals surface area contributed by atoms with Crippen molar-refractivity contribution in [3.05, 3.63) is 23.8 Å². The third-order valence-electron chi connectivity index (χ3n) is 2.59. The van der Waals surface area contributed by atoms with E-state index in [1.54, 1.807) is 13.0 Å². The molecular formula is C12H17N3O4. The highest BCUT2D eigenvalue weighted by Crippen LogP contribution is 2.24. The van der Waals surface area contributed by atoms with Gasteiger partial charge in [0.05, 0.1) is 19.2 Å². The summed E-state index contributed by atoms with van der Waals surface area (Å²) in [5, 5.41) is 21.1. The Morgan fingerprint density at radius 2 is 2.21 bits per heavy atom. The molecule has 104 valence electrons. The van der Waals surface area contributed by atoms with Gasteiger partial charge in [-0.1, -0.05) is 5.16 Å². The first-order chi connectivity index (χ1) is 9.03. The number of benzene rings is 1. The number of carbonyl (C=O) groups excluding carboxylic acids is 1. The highest BCUT2D eigenvalue weighted by atomic mass is 16.5. The second kappa shape index (κ2) is 6.48. The molecule has 1 aromatic rings. The van der Waals surface area contributed by atoms with E-state index in [2.05, 4.69) is 5.16 Å².